The first kappa shape index (κ1) is 9.72. The van der Waals surface area contributed by atoms with Gasteiger partial charge in [0.15, 0.2) is 0 Å². The Bertz CT molecular complexity index is 293. The third-order valence-corrected chi connectivity index (χ3v) is 3.41. The molecule has 1 saturated heterocycles. The minimum atomic E-state index is 0.543. The molecular weight excluding hydrogens is 170 g/mol. The van der Waals surface area contributed by atoms with Crippen LogP contribution in [0, 0.1) is 5.92 Å². The first-order valence-electron chi connectivity index (χ1n) is 5.68. The molecule has 76 valence electrons. The molecule has 0 bridgehead atoms. The maximum atomic E-state index is 3.46. The lowest BCUT2D eigenvalue weighted by atomic mass is 9.95. The van der Waals surface area contributed by atoms with Crippen LogP contribution >= 0.6 is 0 Å². The largest absolute Gasteiger partial charge is 0.316 e. The number of piperidine rings is 1. The first-order chi connectivity index (χ1) is 6.92. The highest BCUT2D eigenvalue weighted by Crippen LogP contribution is 2.56. The summed E-state index contributed by atoms with van der Waals surface area (Å²) in [6, 6.07) is 10.9. The summed E-state index contributed by atoms with van der Waals surface area (Å²) in [6.45, 7) is 6.43. The molecule has 1 aromatic carbocycles. The smallest absolute Gasteiger partial charge is 0.0122 e. The zero-order chi connectivity index (χ0) is 10.0. The molecule has 1 aliphatic carbocycles. The second-order valence-corrected chi connectivity index (χ2v) is 4.05. The molecule has 0 spiro atoms. The summed E-state index contributed by atoms with van der Waals surface area (Å²) in [6.07, 6.45) is 1.41. The third kappa shape index (κ3) is 1.36. The standard InChI is InChI=1S/C11H13N.C2H6/c1-2-4-9(5-3-1)11-6-10(11)7-12-8-11;1-2/h1-5,10,12H,6-8H2;1-2H3/t10-,11?;/m1./s1. The summed E-state index contributed by atoms with van der Waals surface area (Å²) in [5, 5.41) is 3.46. The van der Waals surface area contributed by atoms with Gasteiger partial charge in [0, 0.05) is 12.0 Å². The number of rotatable bonds is 1. The topological polar surface area (TPSA) is 12.0 Å². The summed E-state index contributed by atoms with van der Waals surface area (Å²) in [5.74, 6) is 0.930. The van der Waals surface area contributed by atoms with Gasteiger partial charge in [0.1, 0.15) is 0 Å². The van der Waals surface area contributed by atoms with Crippen LogP contribution in [0.25, 0.3) is 0 Å². The minimum Gasteiger partial charge on any atom is -0.316 e. The number of fused-ring (bicyclic) bond motifs is 1. The van der Waals surface area contributed by atoms with Gasteiger partial charge in [-0.1, -0.05) is 44.2 Å². The van der Waals surface area contributed by atoms with Gasteiger partial charge in [0.05, 0.1) is 0 Å². The van der Waals surface area contributed by atoms with Crippen molar-refractivity contribution in [2.75, 3.05) is 13.1 Å². The van der Waals surface area contributed by atoms with Crippen molar-refractivity contribution in [2.24, 2.45) is 5.92 Å². The van der Waals surface area contributed by atoms with Gasteiger partial charge in [-0.15, -0.1) is 0 Å². The maximum absolute atomic E-state index is 3.46. The number of hydrogen-bond donors (Lipinski definition) is 1. The van der Waals surface area contributed by atoms with E-state index in [1.54, 1.807) is 5.56 Å². The number of hydrogen-bond acceptors (Lipinski definition) is 1. The summed E-state index contributed by atoms with van der Waals surface area (Å²) in [5.41, 5.74) is 2.08. The van der Waals surface area contributed by atoms with E-state index < -0.39 is 0 Å². The van der Waals surface area contributed by atoms with Crippen LogP contribution < -0.4 is 5.32 Å². The summed E-state index contributed by atoms with van der Waals surface area (Å²) in [7, 11) is 0. The van der Waals surface area contributed by atoms with Crippen LogP contribution in [0.15, 0.2) is 30.3 Å². The number of nitrogens with one attached hydrogen (secondary N) is 1. The molecule has 1 aromatic rings. The van der Waals surface area contributed by atoms with Crippen LogP contribution in [-0.4, -0.2) is 13.1 Å². The molecular formula is C13H19N. The third-order valence-electron chi connectivity index (χ3n) is 3.41. The van der Waals surface area contributed by atoms with Crippen molar-refractivity contribution in [3.63, 3.8) is 0 Å². The van der Waals surface area contributed by atoms with Gasteiger partial charge < -0.3 is 5.32 Å². The normalized spacial score (nSPS) is 32.9. The van der Waals surface area contributed by atoms with E-state index >= 15 is 0 Å². The molecule has 2 fully saturated rings. The maximum Gasteiger partial charge on any atom is 0.0122 e. The molecule has 2 aliphatic rings. The zero-order valence-electron chi connectivity index (χ0n) is 9.09. The average Bonchev–Trinajstić information content (AvgIpc) is 2.86. The lowest BCUT2D eigenvalue weighted by Gasteiger charge is -2.10. The molecule has 1 saturated carbocycles. The van der Waals surface area contributed by atoms with Gasteiger partial charge in [0.25, 0.3) is 0 Å². The predicted octanol–water partition coefficient (Wildman–Crippen LogP) is 2.57. The fourth-order valence-electron chi connectivity index (χ4n) is 2.56. The van der Waals surface area contributed by atoms with Crippen molar-refractivity contribution in [1.29, 1.82) is 0 Å². The SMILES string of the molecule is CC.c1ccc(C23CNC[C@H]2C3)cc1. The Hall–Kier alpha value is -0.820. The van der Waals surface area contributed by atoms with Crippen LogP contribution in [0.1, 0.15) is 25.8 Å². The fourth-order valence-corrected chi connectivity index (χ4v) is 2.56. The van der Waals surface area contributed by atoms with Crippen LogP contribution in [-0.2, 0) is 5.41 Å². The lowest BCUT2D eigenvalue weighted by Crippen LogP contribution is -2.18. The second-order valence-electron chi connectivity index (χ2n) is 4.05. The van der Waals surface area contributed by atoms with Crippen molar-refractivity contribution >= 4 is 0 Å². The molecule has 1 N–H and O–H groups in total. The van der Waals surface area contributed by atoms with Gasteiger partial charge >= 0.3 is 0 Å². The highest BCUT2D eigenvalue weighted by molar-refractivity contribution is 5.36. The Labute approximate surface area is 86.5 Å². The number of benzene rings is 1. The molecule has 1 unspecified atom stereocenters. The molecule has 14 heavy (non-hydrogen) atoms. The molecule has 0 aromatic heterocycles. The first-order valence-corrected chi connectivity index (χ1v) is 5.68. The van der Waals surface area contributed by atoms with E-state index in [0.29, 0.717) is 5.41 Å². The van der Waals surface area contributed by atoms with Crippen LogP contribution in [0.4, 0.5) is 0 Å². The quantitative estimate of drug-likeness (QED) is 0.716. The molecule has 0 amide bonds. The van der Waals surface area contributed by atoms with E-state index in [9.17, 15) is 0 Å². The average molecular weight is 189 g/mol. The Morgan fingerprint density at radius 3 is 2.43 bits per heavy atom. The van der Waals surface area contributed by atoms with E-state index in [1.165, 1.54) is 19.5 Å². The van der Waals surface area contributed by atoms with Crippen molar-refractivity contribution < 1.29 is 0 Å². The highest BCUT2D eigenvalue weighted by atomic mass is 15.0. The van der Waals surface area contributed by atoms with E-state index in [1.807, 2.05) is 13.8 Å². The molecule has 1 heterocycles. The minimum absolute atomic E-state index is 0.543. The zero-order valence-corrected chi connectivity index (χ0v) is 9.09. The predicted molar refractivity (Wildman–Crippen MR) is 60.4 cm³/mol. The highest BCUT2D eigenvalue weighted by Gasteiger charge is 2.57. The second kappa shape index (κ2) is 3.74. The molecule has 2 atom stereocenters. The van der Waals surface area contributed by atoms with Crippen molar-refractivity contribution in [3.05, 3.63) is 35.9 Å². The Balaban J connectivity index is 0.000000354. The molecule has 1 nitrogen and oxygen atoms in total. The van der Waals surface area contributed by atoms with Crippen molar-refractivity contribution in [3.8, 4) is 0 Å². The van der Waals surface area contributed by atoms with E-state index in [-0.39, 0.29) is 0 Å². The fraction of sp³-hybridized carbons (Fsp3) is 0.538. The van der Waals surface area contributed by atoms with Crippen LogP contribution in [0.5, 0.6) is 0 Å². The van der Waals surface area contributed by atoms with Gasteiger partial charge in [-0.3, -0.25) is 0 Å². The van der Waals surface area contributed by atoms with Crippen LogP contribution in [0.3, 0.4) is 0 Å². The molecule has 0 radical (unpaired) electrons. The van der Waals surface area contributed by atoms with Gasteiger partial charge in [-0.25, -0.2) is 0 Å². The molecule has 3 rings (SSSR count). The Morgan fingerprint density at radius 1 is 1.21 bits per heavy atom. The summed E-state index contributed by atoms with van der Waals surface area (Å²) < 4.78 is 0. The van der Waals surface area contributed by atoms with Crippen molar-refractivity contribution in [1.82, 2.24) is 5.32 Å². The van der Waals surface area contributed by atoms with Gasteiger partial charge in [0.2, 0.25) is 0 Å². The lowest BCUT2D eigenvalue weighted by molar-refractivity contribution is 0.675. The summed E-state index contributed by atoms with van der Waals surface area (Å²) >= 11 is 0. The molecule has 1 aliphatic heterocycles. The van der Waals surface area contributed by atoms with Crippen molar-refractivity contribution in [2.45, 2.75) is 25.7 Å². The van der Waals surface area contributed by atoms with Gasteiger partial charge in [-0.05, 0) is 24.4 Å². The van der Waals surface area contributed by atoms with E-state index in [4.69, 9.17) is 0 Å². The van der Waals surface area contributed by atoms with Crippen LogP contribution in [0.2, 0.25) is 0 Å². The van der Waals surface area contributed by atoms with E-state index in [0.717, 1.165) is 5.92 Å². The summed E-state index contributed by atoms with van der Waals surface area (Å²) in [4.78, 5) is 0. The monoisotopic (exact) mass is 189 g/mol. The van der Waals surface area contributed by atoms with Gasteiger partial charge in [-0.2, -0.15) is 0 Å². The Kier molecular flexibility index (Phi) is 2.60. The molecule has 1 heteroatoms. The Morgan fingerprint density at radius 2 is 1.93 bits per heavy atom. The van der Waals surface area contributed by atoms with E-state index in [2.05, 4.69) is 35.6 Å².